The minimum atomic E-state index is 0.0137. The molecule has 12 aromatic rings. The van der Waals surface area contributed by atoms with Crippen molar-refractivity contribution in [3.05, 3.63) is 210 Å². The molecule has 3 heterocycles. The van der Waals surface area contributed by atoms with Crippen LogP contribution < -0.4 is 0 Å². The van der Waals surface area contributed by atoms with Gasteiger partial charge in [0.05, 0.1) is 33.1 Å². The molecule has 0 atom stereocenters. The van der Waals surface area contributed by atoms with Crippen molar-refractivity contribution < 1.29 is 0 Å². The van der Waals surface area contributed by atoms with Crippen molar-refractivity contribution in [3.63, 3.8) is 0 Å². The summed E-state index contributed by atoms with van der Waals surface area (Å²) in [5.41, 5.74) is 20.7. The van der Waals surface area contributed by atoms with Gasteiger partial charge in [-0.1, -0.05) is 180 Å². The van der Waals surface area contributed by atoms with Crippen molar-refractivity contribution in [1.82, 2.24) is 13.7 Å². The van der Waals surface area contributed by atoms with E-state index in [0.29, 0.717) is 0 Å². The van der Waals surface area contributed by atoms with Crippen LogP contribution in [0.4, 0.5) is 0 Å². The normalized spacial score (nSPS) is 12.9. The molecule has 0 aliphatic heterocycles. The number of hydrogen-bond acceptors (Lipinski definition) is 0. The van der Waals surface area contributed by atoms with E-state index in [-0.39, 0.29) is 21.7 Å². The smallest absolute Gasteiger partial charge is 0.0561 e. The van der Waals surface area contributed by atoms with Crippen molar-refractivity contribution in [2.24, 2.45) is 0 Å². The van der Waals surface area contributed by atoms with Gasteiger partial charge in [-0.05, 0) is 157 Å². The number of nitrogens with zero attached hydrogens (tertiary/aromatic N) is 3. The summed E-state index contributed by atoms with van der Waals surface area (Å²) in [6.45, 7) is 27.8. The zero-order chi connectivity index (χ0) is 50.9. The summed E-state index contributed by atoms with van der Waals surface area (Å²) in [5, 5.41) is 7.59. The largest absolute Gasteiger partial charge is 0.309 e. The average molecular weight is 950 g/mol. The fraction of sp³-hybridized carbons (Fsp3) is 0.229. The number of rotatable bonds is 5. The number of fused-ring (bicyclic) bond motifs is 9. The Morgan fingerprint density at radius 2 is 0.521 bits per heavy atom. The van der Waals surface area contributed by atoms with Gasteiger partial charge in [0.1, 0.15) is 0 Å². The van der Waals surface area contributed by atoms with Crippen molar-refractivity contribution in [1.29, 1.82) is 0 Å². The lowest BCUT2D eigenvalue weighted by Gasteiger charge is -2.19. The third-order valence-electron chi connectivity index (χ3n) is 15.6. The van der Waals surface area contributed by atoms with E-state index in [1.165, 1.54) is 98.9 Å². The van der Waals surface area contributed by atoms with Crippen LogP contribution in [0.1, 0.15) is 105 Å². The van der Waals surface area contributed by atoms with Gasteiger partial charge in [-0.3, -0.25) is 0 Å². The Kier molecular flexibility index (Phi) is 10.5. The van der Waals surface area contributed by atoms with E-state index in [4.69, 9.17) is 0 Å². The van der Waals surface area contributed by atoms with E-state index in [1.54, 1.807) is 0 Å². The molecule has 0 radical (unpaired) electrons. The highest BCUT2D eigenvalue weighted by Crippen LogP contribution is 2.43. The van der Waals surface area contributed by atoms with Gasteiger partial charge < -0.3 is 13.7 Å². The number of hydrogen-bond donors (Lipinski definition) is 0. The van der Waals surface area contributed by atoms with Crippen LogP contribution in [0, 0.1) is 0 Å². The first-order valence-corrected chi connectivity index (χ1v) is 26.2. The molecule has 0 spiro atoms. The zero-order valence-electron chi connectivity index (χ0n) is 44.7. The fourth-order valence-electron chi connectivity index (χ4n) is 11.4. The number of benzene rings is 9. The molecule has 0 bridgehead atoms. The van der Waals surface area contributed by atoms with Crippen molar-refractivity contribution in [2.45, 2.75) is 105 Å². The molecule has 0 amide bonds. The summed E-state index contributed by atoms with van der Waals surface area (Å²) in [5.74, 6) is 0. The first kappa shape index (κ1) is 46.5. The van der Waals surface area contributed by atoms with E-state index in [9.17, 15) is 0 Å². The molecule has 3 aromatic heterocycles. The maximum Gasteiger partial charge on any atom is 0.0561 e. The maximum atomic E-state index is 2.54. The van der Waals surface area contributed by atoms with Gasteiger partial charge in [-0.2, -0.15) is 0 Å². The van der Waals surface area contributed by atoms with Gasteiger partial charge >= 0.3 is 0 Å². The molecule has 0 saturated heterocycles. The van der Waals surface area contributed by atoms with Gasteiger partial charge in [0, 0.05) is 49.4 Å². The van der Waals surface area contributed by atoms with Crippen LogP contribution >= 0.6 is 0 Å². The van der Waals surface area contributed by atoms with Crippen LogP contribution in [-0.2, 0) is 21.7 Å². The monoisotopic (exact) mass is 950 g/mol. The van der Waals surface area contributed by atoms with Gasteiger partial charge in [-0.25, -0.2) is 0 Å². The average Bonchev–Trinajstić information content (AvgIpc) is 3.99. The second-order valence-electron chi connectivity index (χ2n) is 24.8. The first-order chi connectivity index (χ1) is 34.7. The van der Waals surface area contributed by atoms with Crippen LogP contribution in [0.25, 0.3) is 105 Å². The molecule has 3 heteroatoms. The molecule has 73 heavy (non-hydrogen) atoms. The van der Waals surface area contributed by atoms with Crippen LogP contribution in [-0.4, -0.2) is 13.7 Å². The molecule has 0 fully saturated rings. The Morgan fingerprint density at radius 1 is 0.219 bits per heavy atom. The van der Waals surface area contributed by atoms with Crippen LogP contribution in [0.2, 0.25) is 0 Å². The SMILES string of the molecule is CC(C)(C)c1ccc2c(c1)c1cc(C(C)(C)C)ccc1n2-c1ccc2c3ccc(-n4c5ccc(C(C)(C)C)cc5c5cc(C(C)(C)C)ccc54)cc3n(-c3cc(-c4ccccc4)cc(-c4ccccc4)c3)c2c1. The Hall–Kier alpha value is -7.62. The van der Waals surface area contributed by atoms with Crippen molar-refractivity contribution >= 4 is 65.4 Å². The van der Waals surface area contributed by atoms with Crippen molar-refractivity contribution in [2.75, 3.05) is 0 Å². The Bertz CT molecular complexity index is 3740. The molecule has 9 aromatic carbocycles. The van der Waals surface area contributed by atoms with E-state index in [1.807, 2.05) is 0 Å². The highest BCUT2D eigenvalue weighted by atomic mass is 15.0. The van der Waals surface area contributed by atoms with Gasteiger partial charge in [0.2, 0.25) is 0 Å². The molecular formula is C70H67N3. The Balaban J connectivity index is 1.18. The Labute approximate surface area is 431 Å². The minimum Gasteiger partial charge on any atom is -0.309 e. The summed E-state index contributed by atoms with van der Waals surface area (Å²) < 4.78 is 7.55. The summed E-state index contributed by atoms with van der Waals surface area (Å²) >= 11 is 0. The molecule has 3 nitrogen and oxygen atoms in total. The maximum absolute atomic E-state index is 2.54. The molecular weight excluding hydrogens is 883 g/mol. The predicted octanol–water partition coefficient (Wildman–Crippen LogP) is 19.5. The van der Waals surface area contributed by atoms with E-state index < -0.39 is 0 Å². The van der Waals surface area contributed by atoms with Crippen LogP contribution in [0.5, 0.6) is 0 Å². The van der Waals surface area contributed by atoms with Crippen LogP contribution in [0.3, 0.4) is 0 Å². The molecule has 0 N–H and O–H groups in total. The molecule has 362 valence electrons. The second kappa shape index (κ2) is 16.5. The third-order valence-corrected chi connectivity index (χ3v) is 15.6. The van der Waals surface area contributed by atoms with Gasteiger partial charge in [-0.15, -0.1) is 0 Å². The summed E-state index contributed by atoms with van der Waals surface area (Å²) in [6.07, 6.45) is 0. The van der Waals surface area contributed by atoms with Crippen molar-refractivity contribution in [3.8, 4) is 39.3 Å². The van der Waals surface area contributed by atoms with E-state index in [0.717, 1.165) is 28.1 Å². The van der Waals surface area contributed by atoms with Gasteiger partial charge in [0.15, 0.2) is 0 Å². The quantitative estimate of drug-likeness (QED) is 0.163. The first-order valence-electron chi connectivity index (χ1n) is 26.2. The van der Waals surface area contributed by atoms with E-state index in [2.05, 4.69) is 285 Å². The summed E-state index contributed by atoms with van der Waals surface area (Å²) in [4.78, 5) is 0. The lowest BCUT2D eigenvalue weighted by Crippen LogP contribution is -2.10. The zero-order valence-corrected chi connectivity index (χ0v) is 44.7. The second-order valence-corrected chi connectivity index (χ2v) is 24.8. The topological polar surface area (TPSA) is 14.8 Å². The Morgan fingerprint density at radius 3 is 0.822 bits per heavy atom. The summed E-state index contributed by atoms with van der Waals surface area (Å²) in [6, 6.07) is 71.7. The standard InChI is InChI=1S/C70H67N3/c1-67(2,3)48-23-31-61-57(38-48)58-39-49(68(4,5)6)24-32-62(58)71(61)52-27-29-55-56-30-28-53(72-63-33-25-50(69(7,8)9)40-59(63)60-41-51(70(10,11)12)26-34-64(60)72)43-66(56)73(65(55)42-52)54-36-46(44-19-15-13-16-20-44)35-47(37-54)45-21-17-14-18-22-45/h13-43H,1-12H3. The fourth-order valence-corrected chi connectivity index (χ4v) is 11.4. The van der Waals surface area contributed by atoms with Crippen LogP contribution in [0.15, 0.2) is 188 Å². The lowest BCUT2D eigenvalue weighted by atomic mass is 9.85. The van der Waals surface area contributed by atoms with Gasteiger partial charge in [0.25, 0.3) is 0 Å². The highest BCUT2D eigenvalue weighted by Gasteiger charge is 2.25. The molecule has 0 aliphatic rings. The third kappa shape index (κ3) is 7.87. The predicted molar refractivity (Wildman–Crippen MR) is 315 cm³/mol. The molecule has 0 saturated carbocycles. The minimum absolute atomic E-state index is 0.0137. The number of aromatic nitrogens is 3. The molecule has 12 rings (SSSR count). The molecule has 0 unspecified atom stereocenters. The molecule has 0 aliphatic carbocycles. The van der Waals surface area contributed by atoms with E-state index >= 15 is 0 Å². The highest BCUT2D eigenvalue weighted by molar-refractivity contribution is 6.14. The lowest BCUT2D eigenvalue weighted by molar-refractivity contribution is 0.590. The summed E-state index contributed by atoms with van der Waals surface area (Å²) in [7, 11) is 0.